The minimum atomic E-state index is -0.518. The molecule has 6 aromatic rings. The molecule has 1 unspecified atom stereocenters. The maximum atomic E-state index is 6.90. The van der Waals surface area contributed by atoms with Gasteiger partial charge in [0.25, 0.3) is 0 Å². The van der Waals surface area contributed by atoms with Crippen LogP contribution in [0.15, 0.2) is 148 Å². The molecule has 0 fully saturated rings. The van der Waals surface area contributed by atoms with Crippen molar-refractivity contribution in [2.45, 2.75) is 38.0 Å². The van der Waals surface area contributed by atoms with E-state index in [1.54, 1.807) is 18.0 Å². The van der Waals surface area contributed by atoms with Gasteiger partial charge in [-0.1, -0.05) is 115 Å². The fourth-order valence-electron chi connectivity index (χ4n) is 7.87. The van der Waals surface area contributed by atoms with Crippen molar-refractivity contribution in [1.29, 1.82) is 0 Å². The lowest BCUT2D eigenvalue weighted by Crippen LogP contribution is -2.26. The number of hydrogen-bond donors (Lipinski definition) is 0. The molecule has 50 heavy (non-hydrogen) atoms. The highest BCUT2D eigenvalue weighted by molar-refractivity contribution is 8.01. The molecule has 2 nitrogen and oxygen atoms in total. The molecule has 0 radical (unpaired) electrons. The Bertz CT molecular complexity index is 2440. The van der Waals surface area contributed by atoms with Gasteiger partial charge in [0, 0.05) is 21.4 Å². The Morgan fingerprint density at radius 1 is 0.760 bits per heavy atom. The average molecular weight is 664 g/mol. The quantitative estimate of drug-likeness (QED) is 0.0961. The summed E-state index contributed by atoms with van der Waals surface area (Å²) in [5.41, 5.74) is 14.6. The van der Waals surface area contributed by atoms with Crippen molar-refractivity contribution in [2.75, 3.05) is 4.31 Å². The summed E-state index contributed by atoms with van der Waals surface area (Å²) in [4.78, 5) is 1.10. The summed E-state index contributed by atoms with van der Waals surface area (Å²) in [6.45, 7) is 8.46. The van der Waals surface area contributed by atoms with Gasteiger partial charge in [-0.25, -0.2) is 0 Å². The normalized spacial score (nSPS) is 16.0. The Balaban J connectivity index is 1.49. The van der Waals surface area contributed by atoms with Crippen molar-refractivity contribution in [2.24, 2.45) is 0 Å². The molecule has 242 valence electrons. The van der Waals surface area contributed by atoms with Crippen LogP contribution in [0.25, 0.3) is 34.2 Å². The van der Waals surface area contributed by atoms with Gasteiger partial charge < -0.3 is 4.42 Å². The maximum absolute atomic E-state index is 6.90. The minimum Gasteiger partial charge on any atom is -0.460 e. The van der Waals surface area contributed by atoms with Crippen LogP contribution in [0.5, 0.6) is 0 Å². The smallest absolute Gasteiger partial charge is 0.144 e. The van der Waals surface area contributed by atoms with E-state index in [1.165, 1.54) is 44.5 Å². The van der Waals surface area contributed by atoms with Crippen molar-refractivity contribution in [3.63, 3.8) is 0 Å². The van der Waals surface area contributed by atoms with Crippen LogP contribution in [-0.4, -0.2) is 0 Å². The van der Waals surface area contributed by atoms with Gasteiger partial charge in [0.05, 0.1) is 16.8 Å². The number of benzene rings is 5. The number of anilines is 2. The van der Waals surface area contributed by atoms with Crippen molar-refractivity contribution >= 4 is 46.4 Å². The highest BCUT2D eigenvalue weighted by Crippen LogP contribution is 2.63. The molecule has 0 N–H and O–H groups in total. The molecule has 0 saturated carbocycles. The van der Waals surface area contributed by atoms with Crippen LogP contribution in [0.4, 0.5) is 11.4 Å². The second-order valence-electron chi connectivity index (χ2n) is 12.9. The summed E-state index contributed by atoms with van der Waals surface area (Å²) in [6.07, 6.45) is 20.6. The van der Waals surface area contributed by atoms with E-state index in [-0.39, 0.29) is 0 Å². The van der Waals surface area contributed by atoms with Crippen LogP contribution in [0, 0.1) is 33.1 Å². The summed E-state index contributed by atoms with van der Waals surface area (Å²) in [6, 6.07) is 37.3. The Morgan fingerprint density at radius 2 is 1.42 bits per heavy atom. The molecule has 1 aromatic heterocycles. The highest BCUT2D eigenvalue weighted by Gasteiger charge is 2.51. The minimum absolute atomic E-state index is 0.518. The fourth-order valence-corrected chi connectivity index (χ4v) is 9.13. The third kappa shape index (κ3) is 4.75. The summed E-state index contributed by atoms with van der Waals surface area (Å²) >= 11 is 1.74. The monoisotopic (exact) mass is 663 g/mol. The third-order valence-electron chi connectivity index (χ3n) is 10.0. The summed E-state index contributed by atoms with van der Waals surface area (Å²) in [7, 11) is 0. The molecule has 1 heterocycles. The summed E-state index contributed by atoms with van der Waals surface area (Å²) in [5.74, 6) is 3.56. The van der Waals surface area contributed by atoms with Crippen molar-refractivity contribution in [1.82, 2.24) is 0 Å². The van der Waals surface area contributed by atoms with Gasteiger partial charge in [-0.05, 0) is 121 Å². The number of allylic oxidation sites excluding steroid dienone is 6. The van der Waals surface area contributed by atoms with Gasteiger partial charge >= 0.3 is 0 Å². The summed E-state index contributed by atoms with van der Waals surface area (Å²) in [5, 5.41) is 1.07. The van der Waals surface area contributed by atoms with Gasteiger partial charge in [0.2, 0.25) is 0 Å². The second-order valence-corrected chi connectivity index (χ2v) is 13.9. The molecule has 0 bridgehead atoms. The molecule has 0 amide bonds. The lowest BCUT2D eigenvalue weighted by molar-refractivity contribution is 0.578. The van der Waals surface area contributed by atoms with Crippen LogP contribution < -0.4 is 4.31 Å². The van der Waals surface area contributed by atoms with Gasteiger partial charge in [-0.15, -0.1) is 6.42 Å². The van der Waals surface area contributed by atoms with E-state index in [9.17, 15) is 0 Å². The number of para-hydroxylation sites is 2. The zero-order chi connectivity index (χ0) is 34.4. The van der Waals surface area contributed by atoms with E-state index in [0.29, 0.717) is 0 Å². The molecule has 8 rings (SSSR count). The zero-order valence-electron chi connectivity index (χ0n) is 28.7. The number of nitrogens with zero attached hydrogens (tertiary/aromatic N) is 1. The van der Waals surface area contributed by atoms with Gasteiger partial charge in [-0.2, -0.15) is 0 Å². The predicted molar refractivity (Wildman–Crippen MR) is 213 cm³/mol. The number of furan rings is 1. The van der Waals surface area contributed by atoms with E-state index in [4.69, 9.17) is 10.8 Å². The standard InChI is InChI=1S/C47H37NOS/c1-6-8-10-22-35-29-34-21-13-15-25-38(34)47(35)39-26-16-14-24-37(39)44-40(47)30-43(45-36(23-9-7-2)33(5)49-46(44)45)50-48(41-27-17-11-19-31(41)3)42-28-18-12-20-32(42)4/h2,6,8-30H,1,3-5H3/b8-6-,22-10-,23-9-. The predicted octanol–water partition coefficient (Wildman–Crippen LogP) is 12.7. The molecule has 5 aromatic carbocycles. The molecule has 0 saturated heterocycles. The molecule has 1 atom stereocenters. The molecule has 0 aliphatic heterocycles. The number of fused-ring (bicyclic) bond motifs is 9. The number of hydrogen-bond acceptors (Lipinski definition) is 3. The van der Waals surface area contributed by atoms with Crippen LogP contribution in [0.1, 0.15) is 51.6 Å². The Morgan fingerprint density at radius 3 is 2.12 bits per heavy atom. The van der Waals surface area contributed by atoms with Gasteiger partial charge in [0.1, 0.15) is 11.3 Å². The summed E-state index contributed by atoms with van der Waals surface area (Å²) < 4.78 is 9.28. The maximum Gasteiger partial charge on any atom is 0.144 e. The lowest BCUT2D eigenvalue weighted by Gasteiger charge is -2.32. The van der Waals surface area contributed by atoms with Crippen LogP contribution in [-0.2, 0) is 5.41 Å². The van der Waals surface area contributed by atoms with E-state index in [0.717, 1.165) is 44.1 Å². The number of aryl methyl sites for hydroxylation is 3. The number of rotatable bonds is 7. The van der Waals surface area contributed by atoms with E-state index in [2.05, 4.69) is 165 Å². The first kappa shape index (κ1) is 31.6. The molecular formula is C47H37NOS. The SMILES string of the molecule is C#C/C=C\c1c(C)oc2c3c(cc(SN(c4ccccc4C)c4ccccc4C)c12)C1(C(/C=C\C=C/C)=Cc2ccccc21)c1ccccc1-3. The van der Waals surface area contributed by atoms with E-state index >= 15 is 0 Å². The molecule has 2 aliphatic rings. The van der Waals surface area contributed by atoms with Crippen LogP contribution in [0.2, 0.25) is 0 Å². The largest absolute Gasteiger partial charge is 0.460 e. The number of terminal acetylenes is 1. The molecule has 3 heteroatoms. The topological polar surface area (TPSA) is 16.4 Å². The fraction of sp³-hybridized carbons (Fsp3) is 0.106. The van der Waals surface area contributed by atoms with Crippen LogP contribution in [0.3, 0.4) is 0 Å². The van der Waals surface area contributed by atoms with Crippen molar-refractivity contribution < 1.29 is 4.42 Å². The molecular weight excluding hydrogens is 627 g/mol. The molecule has 1 spiro atoms. The van der Waals surface area contributed by atoms with E-state index < -0.39 is 5.41 Å². The molecule has 2 aliphatic carbocycles. The first-order valence-electron chi connectivity index (χ1n) is 17.0. The average Bonchev–Trinajstić information content (AvgIpc) is 3.75. The van der Waals surface area contributed by atoms with Gasteiger partial charge in [-0.3, -0.25) is 4.31 Å². The Hall–Kier alpha value is -5.69. The van der Waals surface area contributed by atoms with Gasteiger partial charge in [0.15, 0.2) is 0 Å². The van der Waals surface area contributed by atoms with Crippen LogP contribution >= 0.6 is 11.9 Å². The Kier molecular flexibility index (Phi) is 7.98. The lowest BCUT2D eigenvalue weighted by atomic mass is 9.69. The van der Waals surface area contributed by atoms with E-state index in [1.807, 2.05) is 13.0 Å². The zero-order valence-corrected chi connectivity index (χ0v) is 29.5. The highest BCUT2D eigenvalue weighted by atomic mass is 32.2. The first-order chi connectivity index (χ1) is 24.5. The second kappa shape index (κ2) is 12.6. The first-order valence-corrected chi connectivity index (χ1v) is 17.8. The third-order valence-corrected chi connectivity index (χ3v) is 11.1. The van der Waals surface area contributed by atoms with Crippen molar-refractivity contribution in [3.05, 3.63) is 184 Å². The Labute approximate surface area is 299 Å². The van der Waals surface area contributed by atoms with Crippen molar-refractivity contribution in [3.8, 4) is 23.5 Å².